The van der Waals surface area contributed by atoms with Crippen molar-refractivity contribution in [2.75, 3.05) is 4.90 Å². The molecule has 54 heavy (non-hydrogen) atoms. The first kappa shape index (κ1) is 31.6. The van der Waals surface area contributed by atoms with Crippen LogP contribution < -0.4 is 4.90 Å². The first-order valence-corrected chi connectivity index (χ1v) is 18.5. The molecule has 0 spiro atoms. The van der Waals surface area contributed by atoms with E-state index in [4.69, 9.17) is 0 Å². The van der Waals surface area contributed by atoms with E-state index in [2.05, 4.69) is 228 Å². The largest absolute Gasteiger partial charge is 0.309 e. The maximum absolute atomic E-state index is 2.46. The van der Waals surface area contributed by atoms with E-state index >= 15 is 0 Å². The zero-order valence-corrected chi connectivity index (χ0v) is 29.7. The molecule has 2 nitrogen and oxygen atoms in total. The van der Waals surface area contributed by atoms with Crippen LogP contribution in [0.3, 0.4) is 0 Å². The van der Waals surface area contributed by atoms with Crippen LogP contribution in [0.25, 0.3) is 71.6 Å². The molecule has 1 aromatic heterocycles. The summed E-state index contributed by atoms with van der Waals surface area (Å²) >= 11 is 0. The van der Waals surface area contributed by atoms with E-state index in [-0.39, 0.29) is 0 Å². The number of fused-ring (bicyclic) bond motifs is 4. The van der Waals surface area contributed by atoms with Crippen LogP contribution in [0.5, 0.6) is 0 Å². The number of hydrogen-bond acceptors (Lipinski definition) is 1. The van der Waals surface area contributed by atoms with Gasteiger partial charge in [0, 0.05) is 27.6 Å². The van der Waals surface area contributed by atoms with Crippen molar-refractivity contribution < 1.29 is 0 Å². The Bertz CT molecular complexity index is 2930. The average molecular weight is 689 g/mol. The van der Waals surface area contributed by atoms with Gasteiger partial charge < -0.3 is 9.47 Å². The summed E-state index contributed by atoms with van der Waals surface area (Å²) in [5, 5.41) is 4.89. The number of anilines is 3. The van der Waals surface area contributed by atoms with Crippen molar-refractivity contribution in [2.45, 2.75) is 0 Å². The number of para-hydroxylation sites is 3. The van der Waals surface area contributed by atoms with Gasteiger partial charge in [-0.3, -0.25) is 0 Å². The zero-order chi connectivity index (χ0) is 35.8. The van der Waals surface area contributed by atoms with Crippen LogP contribution in [0.15, 0.2) is 218 Å². The van der Waals surface area contributed by atoms with Crippen molar-refractivity contribution in [3.05, 3.63) is 218 Å². The predicted molar refractivity (Wildman–Crippen MR) is 229 cm³/mol. The summed E-state index contributed by atoms with van der Waals surface area (Å²) < 4.78 is 2.46. The molecule has 0 fully saturated rings. The second kappa shape index (κ2) is 13.4. The Labute approximate surface area is 315 Å². The summed E-state index contributed by atoms with van der Waals surface area (Å²) in [7, 11) is 0. The average Bonchev–Trinajstić information content (AvgIpc) is 3.59. The van der Waals surface area contributed by atoms with Gasteiger partial charge >= 0.3 is 0 Å². The fourth-order valence-electron chi connectivity index (χ4n) is 8.09. The smallest absolute Gasteiger partial charge is 0.0562 e. The fourth-order valence-corrected chi connectivity index (χ4v) is 8.09. The number of rotatable bonds is 7. The highest BCUT2D eigenvalue weighted by atomic mass is 15.2. The minimum Gasteiger partial charge on any atom is -0.309 e. The van der Waals surface area contributed by atoms with Crippen molar-refractivity contribution in [1.29, 1.82) is 0 Å². The Morgan fingerprint density at radius 3 is 1.78 bits per heavy atom. The van der Waals surface area contributed by atoms with Gasteiger partial charge in [-0.15, -0.1) is 0 Å². The molecular weight excluding hydrogens is 653 g/mol. The van der Waals surface area contributed by atoms with Crippen LogP contribution in [0.1, 0.15) is 0 Å². The first-order chi connectivity index (χ1) is 26.8. The summed E-state index contributed by atoms with van der Waals surface area (Å²) in [6.07, 6.45) is 0. The summed E-state index contributed by atoms with van der Waals surface area (Å²) in [6.45, 7) is 0. The third-order valence-corrected chi connectivity index (χ3v) is 10.6. The Hall–Kier alpha value is -7.16. The van der Waals surface area contributed by atoms with Gasteiger partial charge in [-0.2, -0.15) is 0 Å². The molecule has 10 aromatic rings. The number of nitrogens with zero attached hydrogens (tertiary/aromatic N) is 2. The highest BCUT2D eigenvalue weighted by Gasteiger charge is 2.24. The molecule has 0 saturated carbocycles. The quantitative estimate of drug-likeness (QED) is 0.162. The molecule has 0 aliphatic carbocycles. The second-order valence-electron chi connectivity index (χ2n) is 13.7. The van der Waals surface area contributed by atoms with Crippen molar-refractivity contribution >= 4 is 49.6 Å². The molecule has 0 amide bonds. The normalized spacial score (nSPS) is 11.3. The SMILES string of the molecule is c1ccc(-c2ccc(N(c3ccccc3)c3cccc4c3c3ccccc3n4-c3ccccc3-c3ccc4ccccc4c3)c(-c3ccccc3)c2)cc1. The lowest BCUT2D eigenvalue weighted by atomic mass is 9.96. The molecule has 0 saturated heterocycles. The molecule has 0 aliphatic heterocycles. The highest BCUT2D eigenvalue weighted by molar-refractivity contribution is 6.17. The minimum absolute atomic E-state index is 1.10. The molecule has 0 radical (unpaired) electrons. The topological polar surface area (TPSA) is 8.17 Å². The van der Waals surface area contributed by atoms with Gasteiger partial charge in [0.1, 0.15) is 0 Å². The van der Waals surface area contributed by atoms with Crippen LogP contribution in [0.2, 0.25) is 0 Å². The van der Waals surface area contributed by atoms with Crippen molar-refractivity contribution in [1.82, 2.24) is 4.57 Å². The molecule has 0 N–H and O–H groups in total. The molecular formula is C52H36N2. The van der Waals surface area contributed by atoms with Gasteiger partial charge in [-0.1, -0.05) is 164 Å². The van der Waals surface area contributed by atoms with Crippen molar-refractivity contribution in [3.8, 4) is 39.1 Å². The molecule has 10 rings (SSSR count). The van der Waals surface area contributed by atoms with E-state index in [0.717, 1.165) is 28.3 Å². The van der Waals surface area contributed by atoms with Crippen LogP contribution >= 0.6 is 0 Å². The molecule has 1 heterocycles. The Morgan fingerprint density at radius 1 is 0.333 bits per heavy atom. The Kier molecular flexibility index (Phi) is 7.85. The zero-order valence-electron chi connectivity index (χ0n) is 29.7. The van der Waals surface area contributed by atoms with Gasteiger partial charge in [0.2, 0.25) is 0 Å². The van der Waals surface area contributed by atoms with Crippen LogP contribution in [0, 0.1) is 0 Å². The van der Waals surface area contributed by atoms with Gasteiger partial charge in [0.05, 0.1) is 28.1 Å². The summed E-state index contributed by atoms with van der Waals surface area (Å²) in [5.74, 6) is 0. The van der Waals surface area contributed by atoms with Crippen LogP contribution in [-0.4, -0.2) is 4.57 Å². The summed E-state index contributed by atoms with van der Waals surface area (Å²) in [5.41, 5.74) is 13.9. The maximum Gasteiger partial charge on any atom is 0.0562 e. The lowest BCUT2D eigenvalue weighted by Crippen LogP contribution is -2.12. The lowest BCUT2D eigenvalue weighted by molar-refractivity contribution is 1.18. The standard InChI is InChI=1S/C52H36N2/c1-4-17-37(18-5-1)41-33-34-49(46(36-41)39-20-6-2-7-21-39)53(43-23-8-3-9-24-43)50-29-16-30-51-52(50)45-26-13-15-28-48(45)54(51)47-27-14-12-25-44(47)42-32-31-38-19-10-11-22-40(38)35-42/h1-36H. The molecule has 9 aromatic carbocycles. The number of aromatic nitrogens is 1. The summed E-state index contributed by atoms with van der Waals surface area (Å²) in [4.78, 5) is 2.45. The number of benzene rings is 9. The third kappa shape index (κ3) is 5.44. The molecule has 2 heteroatoms. The predicted octanol–water partition coefficient (Wildman–Crippen LogP) is 14.4. The van der Waals surface area contributed by atoms with E-state index < -0.39 is 0 Å². The van der Waals surface area contributed by atoms with Gasteiger partial charge in [-0.05, 0) is 87.6 Å². The summed E-state index contributed by atoms with van der Waals surface area (Å²) in [6, 6.07) is 78.9. The second-order valence-corrected chi connectivity index (χ2v) is 13.7. The molecule has 0 atom stereocenters. The van der Waals surface area contributed by atoms with Crippen molar-refractivity contribution in [3.63, 3.8) is 0 Å². The van der Waals surface area contributed by atoms with E-state index in [1.807, 2.05) is 0 Å². The van der Waals surface area contributed by atoms with Crippen LogP contribution in [-0.2, 0) is 0 Å². The molecule has 0 unspecified atom stereocenters. The van der Waals surface area contributed by atoms with Crippen LogP contribution in [0.4, 0.5) is 17.1 Å². The van der Waals surface area contributed by atoms with Crippen molar-refractivity contribution in [2.24, 2.45) is 0 Å². The molecule has 0 bridgehead atoms. The minimum atomic E-state index is 1.10. The van der Waals surface area contributed by atoms with E-state index in [0.29, 0.717) is 0 Å². The Balaban J connectivity index is 1.25. The van der Waals surface area contributed by atoms with Gasteiger partial charge in [-0.25, -0.2) is 0 Å². The Morgan fingerprint density at radius 2 is 0.963 bits per heavy atom. The third-order valence-electron chi connectivity index (χ3n) is 10.6. The van der Waals surface area contributed by atoms with E-state index in [9.17, 15) is 0 Å². The van der Waals surface area contributed by atoms with E-state index in [1.165, 1.54) is 60.4 Å². The maximum atomic E-state index is 2.46. The first-order valence-electron chi connectivity index (χ1n) is 18.5. The van der Waals surface area contributed by atoms with Gasteiger partial charge in [0.15, 0.2) is 0 Å². The highest BCUT2D eigenvalue weighted by Crippen LogP contribution is 2.47. The van der Waals surface area contributed by atoms with E-state index in [1.54, 1.807) is 0 Å². The number of hydrogen-bond donors (Lipinski definition) is 0. The van der Waals surface area contributed by atoms with Gasteiger partial charge in [0.25, 0.3) is 0 Å². The monoisotopic (exact) mass is 688 g/mol. The lowest BCUT2D eigenvalue weighted by Gasteiger charge is -2.29. The molecule has 254 valence electrons. The molecule has 0 aliphatic rings. The fraction of sp³-hybridized carbons (Fsp3) is 0.